The maximum Gasteiger partial charge on any atom is 0.242 e. The molecule has 1 aromatic carbocycles. The normalized spacial score (nSPS) is 11.4. The number of carbonyl (C=O) groups excluding carboxylic acids is 1. The Labute approximate surface area is 128 Å². The number of hydrogen-bond acceptors (Lipinski definition) is 4. The van der Waals surface area contributed by atoms with E-state index >= 15 is 0 Å². The molecule has 9 heteroatoms. The minimum Gasteiger partial charge on any atom is -0.389 e. The van der Waals surface area contributed by atoms with Gasteiger partial charge in [-0.05, 0) is 18.2 Å². The molecule has 0 heterocycles. The molecule has 0 spiro atoms. The van der Waals surface area contributed by atoms with Gasteiger partial charge in [-0.1, -0.05) is 12.2 Å². The van der Waals surface area contributed by atoms with E-state index in [1.807, 2.05) is 0 Å². The number of thiocarbonyl (C=S) groups is 1. The van der Waals surface area contributed by atoms with Gasteiger partial charge in [0.15, 0.2) is 0 Å². The molecular weight excluding hydrogens is 317 g/mol. The first-order chi connectivity index (χ1) is 9.70. The Bertz CT molecular complexity index is 662. The van der Waals surface area contributed by atoms with Gasteiger partial charge in [0.25, 0.3) is 0 Å². The van der Waals surface area contributed by atoms with Gasteiger partial charge in [0.2, 0.25) is 15.9 Å². The smallest absolute Gasteiger partial charge is 0.242 e. The van der Waals surface area contributed by atoms with Crippen LogP contribution in [0.4, 0.5) is 4.39 Å². The molecule has 0 aliphatic heterocycles. The molecule has 0 fully saturated rings. The summed E-state index contributed by atoms with van der Waals surface area (Å²) in [5.74, 6) is -0.963. The molecule has 0 radical (unpaired) electrons. The molecule has 3 N–H and O–H groups in total. The summed E-state index contributed by atoms with van der Waals surface area (Å²) in [6, 6.07) is 3.21. The molecule has 0 aliphatic rings. The second-order valence-electron chi connectivity index (χ2n) is 4.26. The van der Waals surface area contributed by atoms with Gasteiger partial charge in [-0.2, -0.15) is 0 Å². The van der Waals surface area contributed by atoms with Gasteiger partial charge in [-0.25, -0.2) is 17.1 Å². The second-order valence-corrected chi connectivity index (χ2v) is 6.74. The molecule has 1 aromatic rings. The molecule has 1 rings (SSSR count). The van der Waals surface area contributed by atoms with Crippen molar-refractivity contribution in [3.8, 4) is 0 Å². The molecule has 6 nitrogen and oxygen atoms in total. The van der Waals surface area contributed by atoms with E-state index in [-0.39, 0.29) is 34.3 Å². The quantitative estimate of drug-likeness (QED) is 0.727. The number of hydrogen-bond donors (Lipinski definition) is 2. The van der Waals surface area contributed by atoms with Crippen LogP contribution in [0.2, 0.25) is 0 Å². The van der Waals surface area contributed by atoms with Crippen LogP contribution in [0, 0.1) is 5.82 Å². The summed E-state index contributed by atoms with van der Waals surface area (Å²) in [6.07, 6.45) is 0.0234. The fourth-order valence-corrected chi connectivity index (χ4v) is 2.89. The minimum absolute atomic E-state index is 0.00177. The molecule has 1 amide bonds. The third kappa shape index (κ3) is 4.19. The maximum absolute atomic E-state index is 13.5. The molecule has 0 saturated carbocycles. The molecule has 0 atom stereocenters. The van der Waals surface area contributed by atoms with Crippen molar-refractivity contribution < 1.29 is 17.6 Å². The van der Waals surface area contributed by atoms with E-state index in [4.69, 9.17) is 5.73 Å². The van der Waals surface area contributed by atoms with Crippen molar-refractivity contribution in [3.63, 3.8) is 0 Å². The highest BCUT2D eigenvalue weighted by molar-refractivity contribution is 7.89. The first-order valence-corrected chi connectivity index (χ1v) is 7.81. The highest BCUT2D eigenvalue weighted by Crippen LogP contribution is 2.18. The monoisotopic (exact) mass is 333 g/mol. The van der Waals surface area contributed by atoms with Crippen molar-refractivity contribution in [1.29, 1.82) is 0 Å². The van der Waals surface area contributed by atoms with E-state index in [0.29, 0.717) is 0 Å². The van der Waals surface area contributed by atoms with Crippen molar-refractivity contribution in [1.82, 2.24) is 9.62 Å². The predicted molar refractivity (Wildman–Crippen MR) is 80.8 cm³/mol. The zero-order valence-corrected chi connectivity index (χ0v) is 13.2. The van der Waals surface area contributed by atoms with Gasteiger partial charge >= 0.3 is 0 Å². The summed E-state index contributed by atoms with van der Waals surface area (Å²) < 4.78 is 39.1. The van der Waals surface area contributed by atoms with Crippen molar-refractivity contribution in [3.05, 3.63) is 29.6 Å². The lowest BCUT2D eigenvalue weighted by Gasteiger charge is -2.17. The third-order valence-corrected chi connectivity index (χ3v) is 4.92. The van der Waals surface area contributed by atoms with Crippen LogP contribution in [0.5, 0.6) is 0 Å². The average Bonchev–Trinajstić information content (AvgIpc) is 2.43. The van der Waals surface area contributed by atoms with Crippen molar-refractivity contribution in [2.75, 3.05) is 20.6 Å². The minimum atomic E-state index is -3.84. The number of sulfonamides is 1. The Balaban J connectivity index is 3.05. The lowest BCUT2D eigenvalue weighted by atomic mass is 10.2. The Morgan fingerprint density at radius 3 is 2.62 bits per heavy atom. The molecule has 0 aromatic heterocycles. The van der Waals surface area contributed by atoms with E-state index in [0.717, 1.165) is 22.5 Å². The lowest BCUT2D eigenvalue weighted by Crippen LogP contribution is -2.31. The van der Waals surface area contributed by atoms with Gasteiger partial charge < -0.3 is 11.1 Å². The number of carbonyl (C=O) groups is 1. The molecule has 0 aliphatic carbocycles. The topological polar surface area (TPSA) is 92.5 Å². The zero-order valence-electron chi connectivity index (χ0n) is 11.6. The zero-order chi connectivity index (χ0) is 16.2. The van der Waals surface area contributed by atoms with Gasteiger partial charge in [-0.15, -0.1) is 0 Å². The fourth-order valence-electron chi connectivity index (χ4n) is 1.54. The van der Waals surface area contributed by atoms with E-state index in [9.17, 15) is 17.6 Å². The largest absolute Gasteiger partial charge is 0.389 e. The number of nitrogens with two attached hydrogens (primary N) is 1. The van der Waals surface area contributed by atoms with Crippen LogP contribution in [0.15, 0.2) is 23.1 Å². The summed E-state index contributed by atoms with van der Waals surface area (Å²) >= 11 is 4.68. The third-order valence-electron chi connectivity index (χ3n) is 2.84. The van der Waals surface area contributed by atoms with Gasteiger partial charge in [0.1, 0.15) is 10.8 Å². The summed E-state index contributed by atoms with van der Waals surface area (Å²) in [4.78, 5) is 10.8. The van der Waals surface area contributed by atoms with Crippen LogP contribution in [0.3, 0.4) is 0 Å². The predicted octanol–water partition coefficient (Wildman–Crippen LogP) is 0.217. The Morgan fingerprint density at radius 2 is 2.10 bits per heavy atom. The molecule has 21 heavy (non-hydrogen) atoms. The first kappa shape index (κ1) is 17.5. The van der Waals surface area contributed by atoms with Crippen LogP contribution in [0.25, 0.3) is 0 Å². The van der Waals surface area contributed by atoms with Gasteiger partial charge in [0, 0.05) is 32.6 Å². The number of benzene rings is 1. The summed E-state index contributed by atoms with van der Waals surface area (Å²) in [6.45, 7) is 0.00177. The van der Waals surface area contributed by atoms with Crippen molar-refractivity contribution in [2.45, 2.75) is 11.3 Å². The standard InChI is InChI=1S/C12H16FN3O3S2/c1-15-11(17)5-6-16(2)21(18,19)8-3-4-10(13)9(7-8)12(14)20/h3-4,7H,5-6H2,1-2H3,(H2,14,20)(H,15,17). The first-order valence-electron chi connectivity index (χ1n) is 5.96. The molecular formula is C12H16FN3O3S2. The van der Waals surface area contributed by atoms with Crippen molar-refractivity contribution >= 4 is 33.1 Å². The van der Waals surface area contributed by atoms with Crippen LogP contribution >= 0.6 is 12.2 Å². The highest BCUT2D eigenvalue weighted by atomic mass is 32.2. The number of amides is 1. The number of nitrogens with zero attached hydrogens (tertiary/aromatic N) is 1. The Kier molecular flexibility index (Phi) is 5.76. The average molecular weight is 333 g/mol. The summed E-state index contributed by atoms with van der Waals surface area (Å²) in [5.41, 5.74) is 5.22. The molecule has 0 saturated heterocycles. The SMILES string of the molecule is CNC(=O)CCN(C)S(=O)(=O)c1ccc(F)c(C(N)=S)c1. The number of halogens is 1. The van der Waals surface area contributed by atoms with E-state index in [1.165, 1.54) is 14.1 Å². The van der Waals surface area contributed by atoms with Crippen LogP contribution in [-0.4, -0.2) is 44.3 Å². The Hall–Kier alpha value is -1.58. The lowest BCUT2D eigenvalue weighted by molar-refractivity contribution is -0.120. The van der Waals surface area contributed by atoms with Crippen LogP contribution in [0.1, 0.15) is 12.0 Å². The van der Waals surface area contributed by atoms with Gasteiger partial charge in [0.05, 0.1) is 4.90 Å². The second kappa shape index (κ2) is 6.92. The van der Waals surface area contributed by atoms with E-state index < -0.39 is 15.8 Å². The Morgan fingerprint density at radius 1 is 1.48 bits per heavy atom. The molecule has 0 unspecified atom stereocenters. The fraction of sp³-hybridized carbons (Fsp3) is 0.333. The van der Waals surface area contributed by atoms with E-state index in [1.54, 1.807) is 0 Å². The van der Waals surface area contributed by atoms with Crippen LogP contribution < -0.4 is 11.1 Å². The van der Waals surface area contributed by atoms with Crippen molar-refractivity contribution in [2.24, 2.45) is 5.73 Å². The molecule has 0 bridgehead atoms. The van der Waals surface area contributed by atoms with E-state index in [2.05, 4.69) is 17.5 Å². The summed E-state index contributed by atoms with van der Waals surface area (Å²) in [5, 5.41) is 2.40. The van der Waals surface area contributed by atoms with Crippen LogP contribution in [-0.2, 0) is 14.8 Å². The van der Waals surface area contributed by atoms with Gasteiger partial charge in [-0.3, -0.25) is 4.79 Å². The maximum atomic E-state index is 13.5. The summed E-state index contributed by atoms with van der Waals surface area (Å²) in [7, 11) is -1.05. The highest BCUT2D eigenvalue weighted by Gasteiger charge is 2.22. The number of rotatable bonds is 6. The molecule has 116 valence electrons. The number of nitrogens with one attached hydrogen (secondary N) is 1.